The highest BCUT2D eigenvalue weighted by atomic mass is 79.9. The van der Waals surface area contributed by atoms with Gasteiger partial charge in [-0.3, -0.25) is 0 Å². The molecule has 0 saturated carbocycles. The zero-order valence-electron chi connectivity index (χ0n) is 10.6. The molecule has 10 heteroatoms. The van der Waals surface area contributed by atoms with Crippen molar-refractivity contribution in [2.45, 2.75) is 31.9 Å². The largest absolute Gasteiger partial charge is 0.454 e. The molecule has 0 amide bonds. The number of nitrogens with one attached hydrogen (secondary N) is 1. The molecule has 1 aromatic heterocycles. The smallest absolute Gasteiger partial charge is 0.434 e. The van der Waals surface area contributed by atoms with Crippen molar-refractivity contribution in [3.63, 3.8) is 0 Å². The van der Waals surface area contributed by atoms with Crippen LogP contribution in [0.4, 0.5) is 26.3 Å². The van der Waals surface area contributed by atoms with Crippen LogP contribution in [0.3, 0.4) is 0 Å². The van der Waals surface area contributed by atoms with Crippen molar-refractivity contribution in [1.29, 1.82) is 0 Å². The number of pyridine rings is 1. The lowest BCUT2D eigenvalue weighted by Gasteiger charge is -2.24. The van der Waals surface area contributed by atoms with Crippen molar-refractivity contribution in [2.24, 2.45) is 0 Å². The molecule has 0 bridgehead atoms. The van der Waals surface area contributed by atoms with E-state index in [4.69, 9.17) is 0 Å². The van der Waals surface area contributed by atoms with E-state index >= 15 is 0 Å². The van der Waals surface area contributed by atoms with Gasteiger partial charge in [-0.2, -0.15) is 26.3 Å². The Morgan fingerprint density at radius 3 is 2.29 bits per heavy atom. The number of hydrogen-bond donors (Lipinski definition) is 1. The minimum atomic E-state index is -5.58. The Morgan fingerprint density at radius 1 is 1.24 bits per heavy atom. The molecule has 3 nitrogen and oxygen atoms in total. The average Bonchev–Trinajstić information content (AvgIpc) is 2.32. The van der Waals surface area contributed by atoms with Crippen molar-refractivity contribution < 1.29 is 31.1 Å². The number of rotatable bonds is 5. The van der Waals surface area contributed by atoms with Crippen LogP contribution in [0.5, 0.6) is 5.88 Å². The minimum Gasteiger partial charge on any atom is -0.454 e. The summed E-state index contributed by atoms with van der Waals surface area (Å²) in [6.07, 6.45) is -14.0. The topological polar surface area (TPSA) is 34.2 Å². The van der Waals surface area contributed by atoms with E-state index in [0.29, 0.717) is 11.0 Å². The molecule has 1 heterocycles. The van der Waals surface area contributed by atoms with Gasteiger partial charge in [0.2, 0.25) is 5.88 Å². The fourth-order valence-electron chi connectivity index (χ4n) is 1.39. The first-order valence-electron chi connectivity index (χ1n) is 5.71. The standard InChI is InChI=1S/C11H11BrF6N2O/c1-2-19-4-6-3-7(12)5-20-8(6)21-9(10(13,14)15)11(16,17)18/h3,5,9,19H,2,4H2,1H3. The molecule has 120 valence electrons. The van der Waals surface area contributed by atoms with E-state index in [1.807, 2.05) is 0 Å². The fourth-order valence-corrected chi connectivity index (χ4v) is 1.77. The van der Waals surface area contributed by atoms with Gasteiger partial charge in [-0.15, -0.1) is 0 Å². The zero-order valence-corrected chi connectivity index (χ0v) is 12.2. The van der Waals surface area contributed by atoms with E-state index in [2.05, 4.69) is 31.0 Å². The summed E-state index contributed by atoms with van der Waals surface area (Å²) >= 11 is 3.04. The van der Waals surface area contributed by atoms with Crippen LogP contribution in [0.2, 0.25) is 0 Å². The highest BCUT2D eigenvalue weighted by molar-refractivity contribution is 9.10. The SMILES string of the molecule is CCNCc1cc(Br)cnc1OC(C(F)(F)F)C(F)(F)F. The van der Waals surface area contributed by atoms with Crippen LogP contribution >= 0.6 is 15.9 Å². The summed E-state index contributed by atoms with van der Waals surface area (Å²) in [5.41, 5.74) is 0.0877. The number of aromatic nitrogens is 1. The Morgan fingerprint density at radius 2 is 1.81 bits per heavy atom. The normalized spacial score (nSPS) is 12.8. The molecule has 0 radical (unpaired) electrons. The first-order valence-corrected chi connectivity index (χ1v) is 6.50. The van der Waals surface area contributed by atoms with Gasteiger partial charge >= 0.3 is 12.4 Å². The number of hydrogen-bond acceptors (Lipinski definition) is 3. The molecular formula is C11H11BrF6N2O. The Bertz CT molecular complexity index is 463. The maximum absolute atomic E-state index is 12.5. The summed E-state index contributed by atoms with van der Waals surface area (Å²) in [4.78, 5) is 3.49. The van der Waals surface area contributed by atoms with E-state index in [0.717, 1.165) is 6.20 Å². The number of ether oxygens (including phenoxy) is 1. The highest BCUT2D eigenvalue weighted by Gasteiger charge is 2.59. The van der Waals surface area contributed by atoms with Crippen LogP contribution in [0.25, 0.3) is 0 Å². The maximum atomic E-state index is 12.5. The van der Waals surface area contributed by atoms with Gasteiger partial charge in [-0.25, -0.2) is 4.98 Å². The summed E-state index contributed by atoms with van der Waals surface area (Å²) in [6.45, 7) is 2.24. The first kappa shape index (κ1) is 18.0. The van der Waals surface area contributed by atoms with Gasteiger partial charge < -0.3 is 10.1 Å². The summed E-state index contributed by atoms with van der Waals surface area (Å²) in [6, 6.07) is 1.34. The number of nitrogens with zero attached hydrogens (tertiary/aromatic N) is 1. The molecule has 0 unspecified atom stereocenters. The lowest BCUT2D eigenvalue weighted by atomic mass is 10.2. The van der Waals surface area contributed by atoms with Crippen LogP contribution in [0.15, 0.2) is 16.7 Å². The van der Waals surface area contributed by atoms with E-state index in [-0.39, 0.29) is 12.1 Å². The van der Waals surface area contributed by atoms with Crippen LogP contribution in [0, 0.1) is 0 Å². The maximum Gasteiger partial charge on any atom is 0.434 e. The van der Waals surface area contributed by atoms with Gasteiger partial charge in [0.25, 0.3) is 6.10 Å². The second-order valence-electron chi connectivity index (χ2n) is 3.98. The molecule has 0 aliphatic rings. The van der Waals surface area contributed by atoms with Gasteiger partial charge in [0.1, 0.15) is 0 Å². The van der Waals surface area contributed by atoms with Gasteiger partial charge in [-0.1, -0.05) is 6.92 Å². The van der Waals surface area contributed by atoms with E-state index in [1.165, 1.54) is 6.07 Å². The van der Waals surface area contributed by atoms with Crippen LogP contribution in [-0.4, -0.2) is 30.0 Å². The van der Waals surface area contributed by atoms with Gasteiger partial charge in [0, 0.05) is 22.8 Å². The molecule has 21 heavy (non-hydrogen) atoms. The van der Waals surface area contributed by atoms with Crippen LogP contribution < -0.4 is 10.1 Å². The summed E-state index contributed by atoms with van der Waals surface area (Å²) in [5, 5.41) is 2.78. The second-order valence-corrected chi connectivity index (χ2v) is 4.89. The summed E-state index contributed by atoms with van der Waals surface area (Å²) in [7, 11) is 0. The third-order valence-corrected chi connectivity index (χ3v) is 2.72. The molecular weight excluding hydrogens is 370 g/mol. The van der Waals surface area contributed by atoms with Gasteiger partial charge in [0.05, 0.1) is 0 Å². The van der Waals surface area contributed by atoms with Crippen molar-refractivity contribution in [2.75, 3.05) is 6.54 Å². The molecule has 0 aliphatic carbocycles. The second kappa shape index (κ2) is 6.82. The molecule has 0 atom stereocenters. The monoisotopic (exact) mass is 380 g/mol. The van der Waals surface area contributed by atoms with E-state index in [1.54, 1.807) is 6.92 Å². The average molecular weight is 381 g/mol. The van der Waals surface area contributed by atoms with Crippen molar-refractivity contribution in [3.05, 3.63) is 22.3 Å². The van der Waals surface area contributed by atoms with Gasteiger partial charge in [-0.05, 0) is 28.5 Å². The van der Waals surface area contributed by atoms with Crippen molar-refractivity contribution >= 4 is 15.9 Å². The quantitative estimate of drug-likeness (QED) is 0.788. The zero-order chi connectivity index (χ0) is 16.3. The third kappa shape index (κ3) is 5.34. The van der Waals surface area contributed by atoms with Crippen LogP contribution in [-0.2, 0) is 6.54 Å². The highest BCUT2D eigenvalue weighted by Crippen LogP contribution is 2.37. The van der Waals surface area contributed by atoms with Gasteiger partial charge in [0.15, 0.2) is 0 Å². The van der Waals surface area contributed by atoms with E-state index < -0.39 is 24.3 Å². The van der Waals surface area contributed by atoms with E-state index in [9.17, 15) is 26.3 Å². The Balaban J connectivity index is 3.09. The Labute approximate surface area is 124 Å². The minimum absolute atomic E-state index is 0.0285. The Kier molecular flexibility index (Phi) is 5.85. The third-order valence-electron chi connectivity index (χ3n) is 2.28. The number of halogens is 7. The first-order chi connectivity index (χ1) is 9.55. The summed E-state index contributed by atoms with van der Waals surface area (Å²) < 4.78 is 79.3. The number of alkyl halides is 6. The molecule has 0 spiro atoms. The summed E-state index contributed by atoms with van der Waals surface area (Å²) in [5.74, 6) is -0.709. The Hall–Kier alpha value is -1.03. The van der Waals surface area contributed by atoms with Crippen LogP contribution in [0.1, 0.15) is 12.5 Å². The molecule has 0 aromatic carbocycles. The fraction of sp³-hybridized carbons (Fsp3) is 0.545. The predicted octanol–water partition coefficient (Wildman–Crippen LogP) is 3.83. The lowest BCUT2D eigenvalue weighted by molar-refractivity contribution is -0.300. The molecule has 0 aliphatic heterocycles. The molecule has 1 N–H and O–H groups in total. The molecule has 0 fully saturated rings. The molecule has 1 aromatic rings. The molecule has 0 saturated heterocycles. The predicted molar refractivity (Wildman–Crippen MR) is 65.8 cm³/mol. The van der Waals surface area contributed by atoms with Crippen molar-refractivity contribution in [1.82, 2.24) is 10.3 Å². The van der Waals surface area contributed by atoms with Crippen molar-refractivity contribution in [3.8, 4) is 5.88 Å². The lowest BCUT2D eigenvalue weighted by Crippen LogP contribution is -2.46. The molecule has 1 rings (SSSR count).